The van der Waals surface area contributed by atoms with Crippen LogP contribution in [-0.4, -0.2) is 16.5 Å². The lowest BCUT2D eigenvalue weighted by atomic mass is 9.88. The monoisotopic (exact) mass is 276 g/mol. The molecule has 0 spiro atoms. The van der Waals surface area contributed by atoms with Crippen LogP contribution in [0.2, 0.25) is 0 Å². The number of benzene rings is 1. The molecule has 0 radical (unpaired) electrons. The molecule has 1 fully saturated rings. The highest BCUT2D eigenvalue weighted by Gasteiger charge is 2.38. The second-order valence-electron chi connectivity index (χ2n) is 5.57. The highest BCUT2D eigenvalue weighted by molar-refractivity contribution is 6.02. The van der Waals surface area contributed by atoms with E-state index in [2.05, 4.69) is 0 Å². The predicted octanol–water partition coefficient (Wildman–Crippen LogP) is 3.84. The molecule has 1 aliphatic carbocycles. The van der Waals surface area contributed by atoms with Crippen molar-refractivity contribution in [3.8, 4) is 0 Å². The van der Waals surface area contributed by atoms with E-state index in [4.69, 9.17) is 4.42 Å². The maximum absolute atomic E-state index is 13.2. The van der Waals surface area contributed by atoms with Crippen molar-refractivity contribution in [2.75, 3.05) is 0 Å². The van der Waals surface area contributed by atoms with Gasteiger partial charge in [-0.1, -0.05) is 25.7 Å². The van der Waals surface area contributed by atoms with Crippen molar-refractivity contribution < 1.29 is 18.7 Å². The number of aliphatic hydroxyl groups is 1. The molecule has 0 unspecified atom stereocenters. The van der Waals surface area contributed by atoms with E-state index >= 15 is 0 Å². The van der Waals surface area contributed by atoms with Gasteiger partial charge < -0.3 is 9.52 Å². The minimum atomic E-state index is -1.33. The van der Waals surface area contributed by atoms with E-state index in [1.54, 1.807) is 0 Å². The Hall–Kier alpha value is -1.68. The molecule has 0 aliphatic heterocycles. The topological polar surface area (TPSA) is 50.4 Å². The third-order valence-electron chi connectivity index (χ3n) is 4.06. The van der Waals surface area contributed by atoms with Crippen molar-refractivity contribution >= 4 is 16.8 Å². The van der Waals surface area contributed by atoms with Crippen LogP contribution in [0.15, 0.2) is 28.7 Å². The first-order valence-corrected chi connectivity index (χ1v) is 7.05. The standard InChI is InChI=1S/C16H17FO3/c17-12-5-6-13-11(9-12)10-14(20-13)15(18)16(19)7-3-1-2-4-8-16/h5-6,9-10,19H,1-4,7-8H2. The molecule has 20 heavy (non-hydrogen) atoms. The number of furan rings is 1. The molecule has 1 aliphatic rings. The minimum Gasteiger partial charge on any atom is -0.453 e. The SMILES string of the molecule is O=C(c1cc2cc(F)ccc2o1)C1(O)CCCCCC1. The summed E-state index contributed by atoms with van der Waals surface area (Å²) in [5, 5.41) is 11.1. The van der Waals surface area contributed by atoms with E-state index in [1.165, 1.54) is 24.3 Å². The fraction of sp³-hybridized carbons (Fsp3) is 0.438. The zero-order valence-corrected chi connectivity index (χ0v) is 11.2. The zero-order chi connectivity index (χ0) is 14.2. The molecule has 0 amide bonds. The van der Waals surface area contributed by atoms with Crippen LogP contribution in [-0.2, 0) is 0 Å². The van der Waals surface area contributed by atoms with Crippen molar-refractivity contribution in [1.82, 2.24) is 0 Å². The van der Waals surface area contributed by atoms with Gasteiger partial charge >= 0.3 is 0 Å². The summed E-state index contributed by atoms with van der Waals surface area (Å²) in [7, 11) is 0. The van der Waals surface area contributed by atoms with Crippen molar-refractivity contribution in [2.45, 2.75) is 44.1 Å². The molecular formula is C16H17FO3. The summed E-state index contributed by atoms with van der Waals surface area (Å²) in [5.41, 5.74) is -0.866. The summed E-state index contributed by atoms with van der Waals surface area (Å²) in [5.74, 6) is -0.628. The Kier molecular flexibility index (Phi) is 3.34. The van der Waals surface area contributed by atoms with Gasteiger partial charge in [0.15, 0.2) is 5.76 Å². The van der Waals surface area contributed by atoms with Crippen LogP contribution in [0.5, 0.6) is 0 Å². The Morgan fingerprint density at radius 3 is 2.55 bits per heavy atom. The lowest BCUT2D eigenvalue weighted by Gasteiger charge is -2.23. The van der Waals surface area contributed by atoms with Gasteiger partial charge in [0, 0.05) is 5.39 Å². The Morgan fingerprint density at radius 2 is 1.85 bits per heavy atom. The Morgan fingerprint density at radius 1 is 1.15 bits per heavy atom. The van der Waals surface area contributed by atoms with Crippen molar-refractivity contribution in [3.63, 3.8) is 0 Å². The number of hydrogen-bond donors (Lipinski definition) is 1. The Balaban J connectivity index is 1.94. The second-order valence-corrected chi connectivity index (χ2v) is 5.57. The first kappa shape index (κ1) is 13.3. The van der Waals surface area contributed by atoms with Gasteiger partial charge in [-0.25, -0.2) is 4.39 Å². The number of rotatable bonds is 2. The average molecular weight is 276 g/mol. The quantitative estimate of drug-likeness (QED) is 0.669. The number of halogens is 1. The van der Waals surface area contributed by atoms with Gasteiger partial charge in [0.1, 0.15) is 17.0 Å². The summed E-state index contributed by atoms with van der Waals surface area (Å²) >= 11 is 0. The summed E-state index contributed by atoms with van der Waals surface area (Å²) in [6, 6.07) is 5.63. The zero-order valence-electron chi connectivity index (χ0n) is 11.2. The lowest BCUT2D eigenvalue weighted by Crippen LogP contribution is -2.37. The Bertz CT molecular complexity index is 636. The van der Waals surface area contributed by atoms with Crippen LogP contribution in [0.1, 0.15) is 49.1 Å². The van der Waals surface area contributed by atoms with E-state index in [9.17, 15) is 14.3 Å². The summed E-state index contributed by atoms with van der Waals surface area (Å²) in [6.45, 7) is 0. The van der Waals surface area contributed by atoms with Gasteiger partial charge in [-0.05, 0) is 37.1 Å². The van der Waals surface area contributed by atoms with E-state index in [0.717, 1.165) is 25.7 Å². The molecular weight excluding hydrogens is 259 g/mol. The molecule has 1 saturated carbocycles. The first-order chi connectivity index (χ1) is 9.58. The maximum atomic E-state index is 13.2. The summed E-state index contributed by atoms with van der Waals surface area (Å²) in [4.78, 5) is 12.5. The molecule has 0 atom stereocenters. The van der Waals surface area contributed by atoms with Crippen molar-refractivity contribution in [3.05, 3.63) is 35.8 Å². The van der Waals surface area contributed by atoms with E-state index in [0.29, 0.717) is 23.8 Å². The molecule has 2 aromatic rings. The number of Topliss-reactive ketones (excluding diaryl/α,β-unsaturated/α-hetero) is 1. The normalized spacial score (nSPS) is 18.9. The maximum Gasteiger partial charge on any atom is 0.229 e. The highest BCUT2D eigenvalue weighted by atomic mass is 19.1. The molecule has 1 aromatic carbocycles. The van der Waals surface area contributed by atoms with Gasteiger partial charge in [-0.2, -0.15) is 0 Å². The van der Waals surface area contributed by atoms with E-state index < -0.39 is 5.60 Å². The number of carbonyl (C=O) groups excluding carboxylic acids is 1. The van der Waals surface area contributed by atoms with Crippen LogP contribution < -0.4 is 0 Å². The molecule has 106 valence electrons. The van der Waals surface area contributed by atoms with Crippen LogP contribution in [0.25, 0.3) is 11.0 Å². The van der Waals surface area contributed by atoms with Gasteiger partial charge in [0.2, 0.25) is 5.78 Å². The van der Waals surface area contributed by atoms with Gasteiger partial charge in [-0.3, -0.25) is 4.79 Å². The predicted molar refractivity (Wildman–Crippen MR) is 73.2 cm³/mol. The molecule has 4 heteroatoms. The largest absolute Gasteiger partial charge is 0.453 e. The summed E-state index contributed by atoms with van der Waals surface area (Å²) < 4.78 is 18.6. The first-order valence-electron chi connectivity index (χ1n) is 7.05. The number of ketones is 1. The second kappa shape index (κ2) is 5.02. The van der Waals surface area contributed by atoms with Crippen molar-refractivity contribution in [2.24, 2.45) is 0 Å². The molecule has 3 rings (SSSR count). The minimum absolute atomic E-state index is 0.120. The molecule has 1 aromatic heterocycles. The van der Waals surface area contributed by atoms with Crippen LogP contribution in [0.4, 0.5) is 4.39 Å². The molecule has 3 nitrogen and oxygen atoms in total. The smallest absolute Gasteiger partial charge is 0.229 e. The molecule has 0 saturated heterocycles. The average Bonchev–Trinajstić information content (AvgIpc) is 2.71. The number of hydrogen-bond acceptors (Lipinski definition) is 3. The highest BCUT2D eigenvalue weighted by Crippen LogP contribution is 2.32. The molecule has 1 heterocycles. The van der Waals surface area contributed by atoms with E-state index in [1.807, 2.05) is 0 Å². The van der Waals surface area contributed by atoms with E-state index in [-0.39, 0.29) is 17.4 Å². The van der Waals surface area contributed by atoms with Crippen LogP contribution in [0, 0.1) is 5.82 Å². The lowest BCUT2D eigenvalue weighted by molar-refractivity contribution is 0.0214. The number of carbonyl (C=O) groups is 1. The fourth-order valence-corrected chi connectivity index (χ4v) is 2.90. The molecule has 1 N–H and O–H groups in total. The van der Waals surface area contributed by atoms with Crippen LogP contribution >= 0.6 is 0 Å². The fourth-order valence-electron chi connectivity index (χ4n) is 2.90. The van der Waals surface area contributed by atoms with Crippen molar-refractivity contribution in [1.29, 1.82) is 0 Å². The third-order valence-corrected chi connectivity index (χ3v) is 4.06. The third kappa shape index (κ3) is 2.36. The van der Waals surface area contributed by atoms with Gasteiger partial charge in [0.25, 0.3) is 0 Å². The van der Waals surface area contributed by atoms with Gasteiger partial charge in [-0.15, -0.1) is 0 Å². The summed E-state index contributed by atoms with van der Waals surface area (Å²) in [6.07, 6.45) is 4.71. The Labute approximate surface area is 116 Å². The van der Waals surface area contributed by atoms with Gasteiger partial charge in [0.05, 0.1) is 0 Å². The van der Waals surface area contributed by atoms with Crippen LogP contribution in [0.3, 0.4) is 0 Å². The number of fused-ring (bicyclic) bond motifs is 1. The molecule has 0 bridgehead atoms.